The van der Waals surface area contributed by atoms with Crippen LogP contribution in [0.3, 0.4) is 0 Å². The summed E-state index contributed by atoms with van der Waals surface area (Å²) in [5, 5.41) is 10.7. The molecule has 8 rings (SSSR count). The number of oxime groups is 1. The molecule has 0 bridgehead atoms. The monoisotopic (exact) mass is 750 g/mol. The molecule has 3 aromatic rings. The number of nitrogens with zero attached hydrogens (tertiary/aromatic N) is 2. The second-order valence-electron chi connectivity index (χ2n) is 14.8. The number of amides is 3. The van der Waals surface area contributed by atoms with E-state index in [1.807, 2.05) is 89.2 Å². The number of likely N-dealkylation sites (tertiary alicyclic amines) is 1. The fourth-order valence-electron chi connectivity index (χ4n) is 8.01. The van der Waals surface area contributed by atoms with Gasteiger partial charge >= 0.3 is 6.09 Å². The zero-order valence-corrected chi connectivity index (χ0v) is 33.1. The number of hydrogen-bond acceptors (Lipinski definition) is 7. The number of fused-ring (bicyclic) bond motifs is 3. The molecule has 5 aliphatic rings. The van der Waals surface area contributed by atoms with Gasteiger partial charge in [-0.1, -0.05) is 125 Å². The van der Waals surface area contributed by atoms with Gasteiger partial charge in [0.15, 0.2) is 11.7 Å². The molecule has 2 N–H and O–H groups in total. The summed E-state index contributed by atoms with van der Waals surface area (Å²) in [4.78, 5) is 49.7. The summed E-state index contributed by atoms with van der Waals surface area (Å²) in [5.74, 6) is -0.652. The Balaban J connectivity index is 0.00000125. The Labute approximate surface area is 326 Å². The van der Waals surface area contributed by atoms with Crippen molar-refractivity contribution in [2.45, 2.75) is 134 Å². The summed E-state index contributed by atoms with van der Waals surface area (Å²) in [5.41, 5.74) is 5.34. The maximum atomic E-state index is 14.4. The predicted molar refractivity (Wildman–Crippen MR) is 215 cm³/mol. The van der Waals surface area contributed by atoms with Crippen LogP contribution in [0.1, 0.15) is 115 Å². The minimum atomic E-state index is -0.888. The molecule has 2 unspecified atom stereocenters. The molecule has 0 radical (unpaired) electrons. The van der Waals surface area contributed by atoms with Crippen LogP contribution in [-0.2, 0) is 23.9 Å². The highest BCUT2D eigenvalue weighted by Crippen LogP contribution is 2.45. The maximum absolute atomic E-state index is 14.4. The molecule has 0 aromatic heterocycles. The van der Waals surface area contributed by atoms with Gasteiger partial charge < -0.3 is 24.9 Å². The second kappa shape index (κ2) is 18.3. The van der Waals surface area contributed by atoms with E-state index in [0.717, 1.165) is 72.1 Å². The summed E-state index contributed by atoms with van der Waals surface area (Å²) in [6.07, 6.45) is 5.40. The van der Waals surface area contributed by atoms with E-state index in [1.54, 1.807) is 0 Å². The Morgan fingerprint density at radius 3 is 2.13 bits per heavy atom. The normalized spacial score (nSPS) is 21.9. The van der Waals surface area contributed by atoms with Gasteiger partial charge in [0.1, 0.15) is 12.6 Å². The minimum absolute atomic E-state index is 0.00345. The molecule has 4 atom stereocenters. The van der Waals surface area contributed by atoms with Crippen LogP contribution in [0, 0.1) is 0 Å². The molecule has 2 saturated carbocycles. The van der Waals surface area contributed by atoms with Crippen molar-refractivity contribution in [1.29, 1.82) is 0 Å². The molecule has 2 aliphatic heterocycles. The summed E-state index contributed by atoms with van der Waals surface area (Å²) >= 11 is 0. The first-order chi connectivity index (χ1) is 26.9. The highest BCUT2D eigenvalue weighted by molar-refractivity contribution is 6.02. The zero-order chi connectivity index (χ0) is 39.0. The van der Waals surface area contributed by atoms with Crippen molar-refractivity contribution < 1.29 is 28.7 Å². The van der Waals surface area contributed by atoms with Crippen LogP contribution in [0.4, 0.5) is 4.79 Å². The van der Waals surface area contributed by atoms with Crippen LogP contribution in [0.15, 0.2) is 84.0 Å². The number of benzene rings is 3. The Bertz CT molecular complexity index is 1760. The molecule has 55 heavy (non-hydrogen) atoms. The number of nitrogens with one attached hydrogen (secondary N) is 2. The predicted octanol–water partition coefficient (Wildman–Crippen LogP) is 8.13. The lowest BCUT2D eigenvalue weighted by Gasteiger charge is -2.35. The summed E-state index contributed by atoms with van der Waals surface area (Å²) in [6, 6.07) is 25.0. The highest BCUT2D eigenvalue weighted by atomic mass is 16.7. The molecule has 1 spiro atoms. The number of carbonyl (C=O) groups excluding carboxylic acids is 3. The molecule has 10 nitrogen and oxygen atoms in total. The lowest BCUT2D eigenvalue weighted by molar-refractivity contribution is -0.145. The molecule has 3 fully saturated rings. The van der Waals surface area contributed by atoms with E-state index in [-0.39, 0.29) is 49.5 Å². The zero-order valence-electron chi connectivity index (χ0n) is 33.1. The van der Waals surface area contributed by atoms with Crippen molar-refractivity contribution in [3.8, 4) is 11.1 Å². The van der Waals surface area contributed by atoms with Crippen molar-refractivity contribution in [1.82, 2.24) is 15.5 Å². The third kappa shape index (κ3) is 8.90. The van der Waals surface area contributed by atoms with Crippen LogP contribution in [0.25, 0.3) is 11.1 Å². The number of ether oxygens (including phenoxy) is 2. The van der Waals surface area contributed by atoms with Crippen molar-refractivity contribution >= 4 is 23.6 Å². The number of carbonyl (C=O) groups is 3. The molecular weight excluding hydrogens is 693 g/mol. The smallest absolute Gasteiger partial charge is 0.410 e. The molecule has 3 aromatic carbocycles. The number of hydrogen-bond donors (Lipinski definition) is 2. The number of rotatable bonds is 12. The highest BCUT2D eigenvalue weighted by Gasteiger charge is 2.55. The quantitative estimate of drug-likeness (QED) is 0.193. The van der Waals surface area contributed by atoms with Gasteiger partial charge in [0, 0.05) is 24.8 Å². The Kier molecular flexibility index (Phi) is 13.3. The van der Waals surface area contributed by atoms with Gasteiger partial charge in [0.25, 0.3) is 5.91 Å². The SMILES string of the molecule is CC.CC.CCC[C@H](NC(=O)C1C[C@]2(CC(c3ccccc3)=NO2)CN1C(=O)OCC1c2ccccc2-c2ccccc21)C(OC1CCC1)C(=O)NC1CC1. The topological polar surface area (TPSA) is 119 Å². The van der Waals surface area contributed by atoms with Crippen molar-refractivity contribution in [2.75, 3.05) is 13.2 Å². The Hall–Kier alpha value is -4.70. The second-order valence-corrected chi connectivity index (χ2v) is 14.8. The lowest BCUT2D eigenvalue weighted by Crippen LogP contribution is -2.57. The van der Waals surface area contributed by atoms with Crippen molar-refractivity contribution in [2.24, 2.45) is 5.16 Å². The third-order valence-electron chi connectivity index (χ3n) is 11.1. The van der Waals surface area contributed by atoms with Crippen LogP contribution in [-0.4, -0.2) is 77.6 Å². The maximum Gasteiger partial charge on any atom is 0.410 e. The molecule has 294 valence electrons. The first-order valence-corrected chi connectivity index (χ1v) is 20.6. The van der Waals surface area contributed by atoms with E-state index in [0.29, 0.717) is 12.8 Å². The molecule has 2 heterocycles. The Morgan fingerprint density at radius 2 is 1.53 bits per heavy atom. The average Bonchev–Trinajstić information content (AvgIpc) is 3.66. The molecular formula is C45H58N4O6. The van der Waals surface area contributed by atoms with Gasteiger partial charge in [-0.2, -0.15) is 0 Å². The fraction of sp³-hybridized carbons (Fsp3) is 0.511. The van der Waals surface area contributed by atoms with Gasteiger partial charge in [-0.3, -0.25) is 14.5 Å². The molecule has 1 saturated heterocycles. The van der Waals surface area contributed by atoms with Crippen LogP contribution in [0.2, 0.25) is 0 Å². The van der Waals surface area contributed by atoms with Gasteiger partial charge in [-0.05, 0) is 66.3 Å². The van der Waals surface area contributed by atoms with Gasteiger partial charge in [-0.15, -0.1) is 0 Å². The third-order valence-corrected chi connectivity index (χ3v) is 11.1. The van der Waals surface area contributed by atoms with Crippen LogP contribution in [0.5, 0.6) is 0 Å². The van der Waals surface area contributed by atoms with E-state index in [4.69, 9.17) is 14.3 Å². The first-order valence-electron chi connectivity index (χ1n) is 20.6. The Morgan fingerprint density at radius 1 is 0.891 bits per heavy atom. The van der Waals surface area contributed by atoms with Gasteiger partial charge in [0.05, 0.1) is 24.4 Å². The fourth-order valence-corrected chi connectivity index (χ4v) is 8.01. The summed E-state index contributed by atoms with van der Waals surface area (Å²) in [6.45, 7) is 10.3. The minimum Gasteiger partial charge on any atom is -0.448 e. The standard InChI is InChI=1S/C41H46N4O6.2C2H6/c1-2-11-34(37(50-28-14-10-15-28)39(47)42-27-20-21-27)43-38(46)36-23-41(22-35(44-51-41)26-12-4-3-5-13-26)25-45(36)40(48)49-24-33-31-18-8-6-16-29(31)30-17-7-9-19-32(30)33;2*1-2/h3-9,12-13,16-19,27-28,33-34,36-37H,2,10-11,14-15,20-25H2,1H3,(H,42,47)(H,43,46);2*1-2H3/t34-,36?,37?,41+;;/m0../s1. The molecule has 3 amide bonds. The van der Waals surface area contributed by atoms with E-state index in [1.165, 1.54) is 4.90 Å². The molecule has 10 heteroatoms. The van der Waals surface area contributed by atoms with Gasteiger partial charge in [-0.25, -0.2) is 4.79 Å². The largest absolute Gasteiger partial charge is 0.448 e. The summed E-state index contributed by atoms with van der Waals surface area (Å²) in [7, 11) is 0. The van der Waals surface area contributed by atoms with Gasteiger partial charge in [0.2, 0.25) is 5.91 Å². The van der Waals surface area contributed by atoms with E-state index in [9.17, 15) is 14.4 Å². The van der Waals surface area contributed by atoms with Crippen LogP contribution < -0.4 is 10.6 Å². The summed E-state index contributed by atoms with van der Waals surface area (Å²) < 4.78 is 12.5. The van der Waals surface area contributed by atoms with Crippen LogP contribution >= 0.6 is 0 Å². The van der Waals surface area contributed by atoms with Crippen molar-refractivity contribution in [3.05, 3.63) is 95.6 Å². The van der Waals surface area contributed by atoms with Crippen molar-refractivity contribution in [3.63, 3.8) is 0 Å². The molecule has 3 aliphatic carbocycles. The van der Waals surface area contributed by atoms with E-state index < -0.39 is 29.9 Å². The van der Waals surface area contributed by atoms with E-state index in [2.05, 4.69) is 40.1 Å². The van der Waals surface area contributed by atoms with E-state index >= 15 is 0 Å². The average molecular weight is 751 g/mol. The lowest BCUT2D eigenvalue weighted by atomic mass is 9.91. The first kappa shape index (κ1) is 40.0.